The second kappa shape index (κ2) is 6.50. The van der Waals surface area contributed by atoms with Crippen molar-refractivity contribution in [2.45, 2.75) is 27.2 Å². The molecule has 136 valence electrons. The van der Waals surface area contributed by atoms with Crippen molar-refractivity contribution in [3.05, 3.63) is 45.0 Å². The van der Waals surface area contributed by atoms with Crippen LogP contribution in [-0.2, 0) is 11.2 Å². The van der Waals surface area contributed by atoms with Crippen molar-refractivity contribution in [2.24, 2.45) is 0 Å². The molecule has 3 heterocycles. The van der Waals surface area contributed by atoms with E-state index in [1.807, 2.05) is 43.5 Å². The molecule has 0 saturated carbocycles. The van der Waals surface area contributed by atoms with Crippen molar-refractivity contribution in [3.63, 3.8) is 0 Å². The van der Waals surface area contributed by atoms with Crippen LogP contribution >= 0.6 is 11.8 Å². The van der Waals surface area contributed by atoms with Crippen LogP contribution in [-0.4, -0.2) is 35.4 Å². The Balaban J connectivity index is 1.82. The minimum Gasteiger partial charge on any atom is -0.464 e. The molecule has 5 nitrogen and oxygen atoms in total. The van der Waals surface area contributed by atoms with E-state index in [4.69, 9.17) is 8.83 Å². The molecule has 3 aromatic rings. The quantitative estimate of drug-likeness (QED) is 0.644. The van der Waals surface area contributed by atoms with Gasteiger partial charge in [-0.2, -0.15) is 11.8 Å². The van der Waals surface area contributed by atoms with Gasteiger partial charge in [-0.05, 0) is 38.0 Å². The number of thioether (sulfide) groups is 1. The number of benzene rings is 1. The van der Waals surface area contributed by atoms with Crippen LogP contribution in [0.5, 0.6) is 0 Å². The zero-order valence-corrected chi connectivity index (χ0v) is 16.0. The number of amides is 1. The van der Waals surface area contributed by atoms with Crippen LogP contribution in [0.4, 0.5) is 0 Å². The summed E-state index contributed by atoms with van der Waals surface area (Å²) in [5.41, 5.74) is 3.99. The largest absolute Gasteiger partial charge is 0.464 e. The molecule has 1 amide bonds. The van der Waals surface area contributed by atoms with Gasteiger partial charge in [0.05, 0.1) is 18.2 Å². The summed E-state index contributed by atoms with van der Waals surface area (Å²) in [7, 11) is 0. The summed E-state index contributed by atoms with van der Waals surface area (Å²) in [6.07, 6.45) is 1.80. The Hall–Kier alpha value is -2.21. The van der Waals surface area contributed by atoms with Crippen LogP contribution in [0.3, 0.4) is 0 Å². The highest BCUT2D eigenvalue weighted by atomic mass is 32.2. The summed E-state index contributed by atoms with van der Waals surface area (Å²) < 4.78 is 11.2. The number of rotatable bonds is 2. The molecule has 6 heteroatoms. The zero-order chi connectivity index (χ0) is 18.4. The fraction of sp³-hybridized carbons (Fsp3) is 0.400. The first-order chi connectivity index (χ1) is 12.5. The van der Waals surface area contributed by atoms with E-state index in [2.05, 4.69) is 0 Å². The van der Waals surface area contributed by atoms with Crippen LogP contribution in [0.25, 0.3) is 21.9 Å². The van der Waals surface area contributed by atoms with Gasteiger partial charge in [0.15, 0.2) is 0 Å². The van der Waals surface area contributed by atoms with Crippen LogP contribution in [0.15, 0.2) is 26.0 Å². The number of nitrogens with zero attached hydrogens (tertiary/aromatic N) is 1. The van der Waals surface area contributed by atoms with E-state index in [0.29, 0.717) is 11.1 Å². The maximum absolute atomic E-state index is 12.6. The fourth-order valence-corrected chi connectivity index (χ4v) is 4.50. The van der Waals surface area contributed by atoms with Gasteiger partial charge in [0.25, 0.3) is 0 Å². The third kappa shape index (κ3) is 2.72. The van der Waals surface area contributed by atoms with E-state index in [1.165, 1.54) is 0 Å². The number of hydrogen-bond donors (Lipinski definition) is 0. The zero-order valence-electron chi connectivity index (χ0n) is 15.2. The van der Waals surface area contributed by atoms with Gasteiger partial charge in [-0.1, -0.05) is 0 Å². The minimum atomic E-state index is -0.430. The first kappa shape index (κ1) is 17.2. The number of fused-ring (bicyclic) bond motifs is 2. The van der Waals surface area contributed by atoms with Crippen LogP contribution in [0.2, 0.25) is 0 Å². The van der Waals surface area contributed by atoms with E-state index in [9.17, 15) is 9.59 Å². The molecule has 26 heavy (non-hydrogen) atoms. The van der Waals surface area contributed by atoms with Crippen LogP contribution < -0.4 is 5.63 Å². The van der Waals surface area contributed by atoms with Crippen molar-refractivity contribution < 1.29 is 13.6 Å². The van der Waals surface area contributed by atoms with E-state index in [-0.39, 0.29) is 12.3 Å². The van der Waals surface area contributed by atoms with Crippen molar-refractivity contribution in [2.75, 3.05) is 24.6 Å². The number of furan rings is 1. The molecular formula is C20H21NO4S. The molecule has 1 aliphatic rings. The number of carbonyl (C=O) groups is 1. The number of hydrogen-bond acceptors (Lipinski definition) is 5. The van der Waals surface area contributed by atoms with Gasteiger partial charge < -0.3 is 13.7 Å². The summed E-state index contributed by atoms with van der Waals surface area (Å²) in [6, 6.07) is 2.00. The van der Waals surface area contributed by atoms with Crippen molar-refractivity contribution >= 4 is 39.6 Å². The Labute approximate surface area is 155 Å². The molecule has 0 aliphatic carbocycles. The normalized spacial score (nSPS) is 15.1. The molecule has 0 atom stereocenters. The highest BCUT2D eigenvalue weighted by Gasteiger charge is 2.22. The van der Waals surface area contributed by atoms with Gasteiger partial charge in [0, 0.05) is 40.9 Å². The Morgan fingerprint density at radius 1 is 1.12 bits per heavy atom. The highest BCUT2D eigenvalue weighted by Crippen LogP contribution is 2.32. The van der Waals surface area contributed by atoms with Crippen molar-refractivity contribution in [3.8, 4) is 0 Å². The van der Waals surface area contributed by atoms with E-state index in [0.717, 1.165) is 57.6 Å². The standard InChI is InChI=1S/C20H21NO4S/c1-11-10-24-18-13(3)19-15(8-14(11)18)12(2)16(20(23)25-19)9-17(22)21-4-6-26-7-5-21/h8,10H,4-7,9H2,1-3H3. The SMILES string of the molecule is Cc1coc2c(C)c3oc(=O)c(CC(=O)N4CCSCC4)c(C)c3cc12. The summed E-state index contributed by atoms with van der Waals surface area (Å²) in [5, 5.41) is 1.88. The second-order valence-electron chi connectivity index (χ2n) is 6.84. The lowest BCUT2D eigenvalue weighted by molar-refractivity contribution is -0.130. The molecule has 0 bridgehead atoms. The Kier molecular flexibility index (Phi) is 4.31. The average Bonchev–Trinajstić information content (AvgIpc) is 3.02. The Morgan fingerprint density at radius 3 is 2.58 bits per heavy atom. The van der Waals surface area contributed by atoms with E-state index < -0.39 is 5.63 Å². The Morgan fingerprint density at radius 2 is 1.85 bits per heavy atom. The smallest absolute Gasteiger partial charge is 0.340 e. The van der Waals surface area contributed by atoms with Gasteiger partial charge in [-0.3, -0.25) is 4.79 Å². The molecule has 1 aliphatic heterocycles. The summed E-state index contributed by atoms with van der Waals surface area (Å²) in [5.74, 6) is 1.90. The predicted octanol–water partition coefficient (Wildman–Crippen LogP) is 3.58. The van der Waals surface area contributed by atoms with Gasteiger partial charge in [0.1, 0.15) is 11.2 Å². The molecule has 1 aromatic carbocycles. The van der Waals surface area contributed by atoms with Crippen LogP contribution in [0, 0.1) is 20.8 Å². The molecule has 4 rings (SSSR count). The first-order valence-corrected chi connectivity index (χ1v) is 9.92. The molecular weight excluding hydrogens is 350 g/mol. The topological polar surface area (TPSA) is 63.7 Å². The molecule has 1 fully saturated rings. The monoisotopic (exact) mass is 371 g/mol. The summed E-state index contributed by atoms with van der Waals surface area (Å²) in [6.45, 7) is 7.27. The molecule has 2 aromatic heterocycles. The van der Waals surface area contributed by atoms with Crippen molar-refractivity contribution in [1.82, 2.24) is 4.90 Å². The fourth-order valence-electron chi connectivity index (χ4n) is 3.60. The van der Waals surface area contributed by atoms with E-state index >= 15 is 0 Å². The Bertz CT molecular complexity index is 1070. The maximum atomic E-state index is 12.6. The van der Waals surface area contributed by atoms with Gasteiger partial charge in [-0.25, -0.2) is 4.79 Å². The van der Waals surface area contributed by atoms with Gasteiger partial charge >= 0.3 is 5.63 Å². The lowest BCUT2D eigenvalue weighted by Gasteiger charge is -2.26. The average molecular weight is 371 g/mol. The van der Waals surface area contributed by atoms with Gasteiger partial charge in [-0.15, -0.1) is 0 Å². The molecule has 0 radical (unpaired) electrons. The van der Waals surface area contributed by atoms with Gasteiger partial charge in [0.2, 0.25) is 5.91 Å². The number of aryl methyl sites for hydroxylation is 3. The molecule has 0 spiro atoms. The van der Waals surface area contributed by atoms with E-state index in [1.54, 1.807) is 6.26 Å². The number of carbonyl (C=O) groups excluding carboxylic acids is 1. The molecule has 0 N–H and O–H groups in total. The third-order valence-electron chi connectivity index (χ3n) is 5.23. The maximum Gasteiger partial charge on any atom is 0.340 e. The summed E-state index contributed by atoms with van der Waals surface area (Å²) >= 11 is 1.85. The molecule has 0 unspecified atom stereocenters. The lowest BCUT2D eigenvalue weighted by Crippen LogP contribution is -2.39. The third-order valence-corrected chi connectivity index (χ3v) is 6.17. The minimum absolute atomic E-state index is 0.00246. The van der Waals surface area contributed by atoms with Crippen LogP contribution in [0.1, 0.15) is 22.3 Å². The second-order valence-corrected chi connectivity index (χ2v) is 8.06. The first-order valence-electron chi connectivity index (χ1n) is 8.76. The lowest BCUT2D eigenvalue weighted by atomic mass is 9.99. The highest BCUT2D eigenvalue weighted by molar-refractivity contribution is 7.99. The predicted molar refractivity (Wildman–Crippen MR) is 104 cm³/mol. The molecule has 1 saturated heterocycles. The van der Waals surface area contributed by atoms with Crippen molar-refractivity contribution in [1.29, 1.82) is 0 Å². The summed E-state index contributed by atoms with van der Waals surface area (Å²) in [4.78, 5) is 27.1.